The van der Waals surface area contributed by atoms with Gasteiger partial charge in [0, 0.05) is 18.7 Å². The van der Waals surface area contributed by atoms with E-state index in [-0.39, 0.29) is 24.1 Å². The third-order valence-corrected chi connectivity index (χ3v) is 6.29. The van der Waals surface area contributed by atoms with Gasteiger partial charge in [-0.1, -0.05) is 12.1 Å². The first-order chi connectivity index (χ1) is 15.6. The monoisotopic (exact) mass is 478 g/mol. The van der Waals surface area contributed by atoms with E-state index in [4.69, 9.17) is 9.84 Å². The summed E-state index contributed by atoms with van der Waals surface area (Å²) in [7, 11) is -3.54. The predicted molar refractivity (Wildman–Crippen MR) is 124 cm³/mol. The summed E-state index contributed by atoms with van der Waals surface area (Å²) in [4.78, 5) is 11.0. The highest BCUT2D eigenvalue weighted by Gasteiger charge is 2.23. The fourth-order valence-electron chi connectivity index (χ4n) is 3.97. The smallest absolute Gasteiger partial charge is 0.335 e. The molecule has 33 heavy (non-hydrogen) atoms. The molecule has 3 rings (SSSR count). The van der Waals surface area contributed by atoms with Gasteiger partial charge in [0.1, 0.15) is 24.2 Å². The largest absolute Gasteiger partial charge is 0.506 e. The highest BCUT2D eigenvalue weighted by Crippen LogP contribution is 2.33. The number of phenols is 1. The summed E-state index contributed by atoms with van der Waals surface area (Å²) in [6.07, 6.45) is 4.11. The normalized spacial score (nSPS) is 19.6. The number of aromatic carboxylic acids is 1. The molecule has 2 aromatic carbocycles. The van der Waals surface area contributed by atoms with Gasteiger partial charge in [0.15, 0.2) is 0 Å². The summed E-state index contributed by atoms with van der Waals surface area (Å²) in [6.45, 7) is 0.372. The highest BCUT2D eigenvalue weighted by molar-refractivity contribution is 7.92. The van der Waals surface area contributed by atoms with Crippen LogP contribution in [0.1, 0.15) is 47.5 Å². The Bertz CT molecular complexity index is 1050. The molecule has 1 atom stereocenters. The second-order valence-electron chi connectivity index (χ2n) is 8.40. The van der Waals surface area contributed by atoms with Gasteiger partial charge in [0.05, 0.1) is 17.5 Å². The second kappa shape index (κ2) is 10.9. The van der Waals surface area contributed by atoms with E-state index >= 15 is 0 Å². The number of hydrogen-bond donors (Lipinski definition) is 5. The Hall–Kier alpha value is -2.82. The first-order valence-electron chi connectivity index (χ1n) is 10.8. The van der Waals surface area contributed by atoms with Crippen LogP contribution < -0.4 is 14.8 Å². The molecule has 1 aliphatic rings. The topological polar surface area (TPSA) is 145 Å². The molecule has 10 heteroatoms. The molecule has 1 fully saturated rings. The average Bonchev–Trinajstić information content (AvgIpc) is 2.77. The first kappa shape index (κ1) is 24.8. The number of carboxylic acid groups (broad SMARTS) is 1. The molecule has 0 heterocycles. The van der Waals surface area contributed by atoms with Crippen LogP contribution in [-0.4, -0.2) is 61.3 Å². The van der Waals surface area contributed by atoms with E-state index < -0.39 is 22.1 Å². The zero-order valence-corrected chi connectivity index (χ0v) is 19.2. The van der Waals surface area contributed by atoms with Crippen LogP contribution in [-0.2, 0) is 10.0 Å². The SMILES string of the molecule is CS(=O)(=O)Nc1cc(OC[C@@H](O)CNC2CCC(c3ccc(C(=O)O)cc3)CC2)ccc1O. The van der Waals surface area contributed by atoms with Gasteiger partial charge in [0.25, 0.3) is 0 Å². The molecule has 2 aromatic rings. The van der Waals surface area contributed by atoms with Gasteiger partial charge in [-0.3, -0.25) is 4.72 Å². The lowest BCUT2D eigenvalue weighted by molar-refractivity contribution is 0.0696. The molecule has 1 saturated carbocycles. The van der Waals surface area contributed by atoms with Crippen molar-refractivity contribution in [3.8, 4) is 11.5 Å². The van der Waals surface area contributed by atoms with Gasteiger partial charge in [-0.25, -0.2) is 13.2 Å². The number of anilines is 1. The minimum absolute atomic E-state index is 0.0111. The summed E-state index contributed by atoms with van der Waals surface area (Å²) in [5, 5.41) is 32.4. The maximum Gasteiger partial charge on any atom is 0.335 e. The third-order valence-electron chi connectivity index (χ3n) is 5.70. The molecule has 0 amide bonds. The quantitative estimate of drug-likeness (QED) is 0.328. The lowest BCUT2D eigenvalue weighted by atomic mass is 9.81. The van der Waals surface area contributed by atoms with Crippen molar-refractivity contribution in [2.45, 2.75) is 43.7 Å². The molecule has 5 N–H and O–H groups in total. The number of rotatable bonds is 10. The summed E-state index contributed by atoms with van der Waals surface area (Å²) >= 11 is 0. The minimum atomic E-state index is -3.54. The van der Waals surface area contributed by atoms with Crippen LogP contribution in [0.25, 0.3) is 0 Å². The Kier molecular flexibility index (Phi) is 8.17. The Morgan fingerprint density at radius 2 is 1.79 bits per heavy atom. The number of sulfonamides is 1. The maximum atomic E-state index is 11.4. The average molecular weight is 479 g/mol. The third kappa shape index (κ3) is 7.62. The molecule has 0 unspecified atom stereocenters. The Labute approximate surface area is 193 Å². The van der Waals surface area contributed by atoms with Crippen LogP contribution in [0.4, 0.5) is 5.69 Å². The predicted octanol–water partition coefficient (Wildman–Crippen LogP) is 2.52. The van der Waals surface area contributed by atoms with E-state index in [1.54, 1.807) is 12.1 Å². The standard InChI is InChI=1S/C23H30N2O7S/c1-33(30,31)25-21-12-20(10-11-22(21)27)32-14-19(26)13-24-18-8-6-16(7-9-18)15-2-4-17(5-3-15)23(28)29/h2-5,10-12,16,18-19,24-27H,6-9,13-14H2,1H3,(H,28,29)/t16?,18?,19-/m0/s1. The maximum absolute atomic E-state index is 11.4. The number of benzene rings is 2. The molecule has 0 aliphatic heterocycles. The van der Waals surface area contributed by atoms with Crippen LogP contribution in [0.3, 0.4) is 0 Å². The van der Waals surface area contributed by atoms with E-state index in [9.17, 15) is 23.4 Å². The van der Waals surface area contributed by atoms with Crippen molar-refractivity contribution >= 4 is 21.7 Å². The number of ether oxygens (including phenoxy) is 1. The molecular weight excluding hydrogens is 448 g/mol. The molecule has 0 aromatic heterocycles. The zero-order valence-electron chi connectivity index (χ0n) is 18.4. The van der Waals surface area contributed by atoms with Gasteiger partial charge >= 0.3 is 5.97 Å². The molecule has 0 saturated heterocycles. The van der Waals surface area contributed by atoms with E-state index in [1.165, 1.54) is 18.2 Å². The lowest BCUT2D eigenvalue weighted by Crippen LogP contribution is -2.39. The molecule has 0 spiro atoms. The fraction of sp³-hybridized carbons (Fsp3) is 0.435. The number of carbonyl (C=O) groups is 1. The first-order valence-corrected chi connectivity index (χ1v) is 12.7. The summed E-state index contributed by atoms with van der Waals surface area (Å²) in [6, 6.07) is 11.5. The van der Waals surface area contributed by atoms with E-state index in [2.05, 4.69) is 10.0 Å². The molecule has 180 valence electrons. The Morgan fingerprint density at radius 3 is 2.39 bits per heavy atom. The highest BCUT2D eigenvalue weighted by atomic mass is 32.2. The van der Waals surface area contributed by atoms with Crippen molar-refractivity contribution in [3.63, 3.8) is 0 Å². The Morgan fingerprint density at radius 1 is 1.12 bits per heavy atom. The fourth-order valence-corrected chi connectivity index (χ4v) is 4.53. The summed E-state index contributed by atoms with van der Waals surface area (Å²) < 4.78 is 30.5. The van der Waals surface area contributed by atoms with Crippen LogP contribution in [0.2, 0.25) is 0 Å². The van der Waals surface area contributed by atoms with Crippen molar-refractivity contribution in [2.75, 3.05) is 24.1 Å². The molecule has 0 radical (unpaired) electrons. The van der Waals surface area contributed by atoms with E-state index in [1.807, 2.05) is 12.1 Å². The number of hydrogen-bond acceptors (Lipinski definition) is 7. The van der Waals surface area contributed by atoms with Crippen molar-refractivity contribution in [2.24, 2.45) is 0 Å². The minimum Gasteiger partial charge on any atom is -0.506 e. The molecular formula is C23H30N2O7S. The van der Waals surface area contributed by atoms with Gasteiger partial charge in [0.2, 0.25) is 10.0 Å². The molecule has 1 aliphatic carbocycles. The number of carboxylic acids is 1. The van der Waals surface area contributed by atoms with E-state index in [0.717, 1.165) is 37.5 Å². The number of aromatic hydroxyl groups is 1. The summed E-state index contributed by atoms with van der Waals surface area (Å²) in [5.74, 6) is -0.410. The van der Waals surface area contributed by atoms with Crippen LogP contribution in [0.5, 0.6) is 11.5 Å². The molecule has 9 nitrogen and oxygen atoms in total. The van der Waals surface area contributed by atoms with Crippen molar-refractivity contribution < 1.29 is 33.3 Å². The Balaban J connectivity index is 1.41. The van der Waals surface area contributed by atoms with Crippen molar-refractivity contribution in [3.05, 3.63) is 53.6 Å². The lowest BCUT2D eigenvalue weighted by Gasteiger charge is -2.30. The van der Waals surface area contributed by atoms with Gasteiger partial charge < -0.3 is 25.4 Å². The second-order valence-corrected chi connectivity index (χ2v) is 10.2. The number of nitrogens with one attached hydrogen (secondary N) is 2. The van der Waals surface area contributed by atoms with E-state index in [0.29, 0.717) is 23.8 Å². The number of aliphatic hydroxyl groups excluding tert-OH is 1. The van der Waals surface area contributed by atoms with Crippen molar-refractivity contribution in [1.29, 1.82) is 0 Å². The number of aliphatic hydroxyl groups is 1. The van der Waals surface area contributed by atoms with Crippen LogP contribution >= 0.6 is 0 Å². The zero-order chi connectivity index (χ0) is 24.0. The summed E-state index contributed by atoms with van der Waals surface area (Å²) in [5.41, 5.74) is 1.46. The number of phenolic OH excluding ortho intramolecular Hbond substituents is 1. The van der Waals surface area contributed by atoms with Gasteiger partial charge in [-0.2, -0.15) is 0 Å². The van der Waals surface area contributed by atoms with Gasteiger partial charge in [-0.15, -0.1) is 0 Å². The molecule has 0 bridgehead atoms. The van der Waals surface area contributed by atoms with Crippen LogP contribution in [0, 0.1) is 0 Å². The van der Waals surface area contributed by atoms with Crippen LogP contribution in [0.15, 0.2) is 42.5 Å². The van der Waals surface area contributed by atoms with Gasteiger partial charge in [-0.05, 0) is 61.4 Å². The van der Waals surface area contributed by atoms with Crippen molar-refractivity contribution in [1.82, 2.24) is 5.32 Å².